The molecule has 1 heterocycles. The molecule has 0 aliphatic heterocycles. The number of hydrogen-bond donors (Lipinski definition) is 0. The Hall–Kier alpha value is -2.38. The molecule has 3 nitrogen and oxygen atoms in total. The van der Waals surface area contributed by atoms with Crippen LogP contribution in [0.4, 0.5) is 0 Å². The minimum absolute atomic E-state index is 0.101. The molecule has 3 aromatic rings. The lowest BCUT2D eigenvalue weighted by Gasteiger charge is -2.08. The number of aromatic nitrogens is 1. The Morgan fingerprint density at radius 1 is 1.05 bits per heavy atom. The van der Waals surface area contributed by atoms with Gasteiger partial charge in [0.2, 0.25) is 0 Å². The van der Waals surface area contributed by atoms with Crippen LogP contribution in [0.5, 0.6) is 0 Å². The molecular formula is C15H10N2OS. The minimum Gasteiger partial charge on any atom is -0.268 e. The number of nitrogens with zero attached hydrogens (tertiary/aromatic N) is 2. The first kappa shape index (κ1) is 11.7. The summed E-state index contributed by atoms with van der Waals surface area (Å²) in [5.74, 6) is 0. The van der Waals surface area contributed by atoms with Crippen molar-refractivity contribution in [1.82, 2.24) is 3.96 Å². The third-order valence-corrected chi connectivity index (χ3v) is 4.11. The molecule has 0 bridgehead atoms. The van der Waals surface area contributed by atoms with Crippen LogP contribution in [0.25, 0.3) is 10.1 Å². The Balaban J connectivity index is 2.21. The van der Waals surface area contributed by atoms with E-state index < -0.39 is 6.04 Å². The Labute approximate surface area is 114 Å². The van der Waals surface area contributed by atoms with Gasteiger partial charge in [0.15, 0.2) is 6.04 Å². The molecule has 0 aliphatic carbocycles. The molecule has 1 unspecified atom stereocenters. The Kier molecular flexibility index (Phi) is 2.90. The van der Waals surface area contributed by atoms with Crippen molar-refractivity contribution in [2.24, 2.45) is 0 Å². The van der Waals surface area contributed by atoms with Crippen molar-refractivity contribution < 1.29 is 0 Å². The van der Waals surface area contributed by atoms with Crippen LogP contribution >= 0.6 is 11.5 Å². The van der Waals surface area contributed by atoms with E-state index >= 15 is 0 Å². The monoisotopic (exact) mass is 266 g/mol. The fraction of sp³-hybridized carbons (Fsp3) is 0.0667. The quantitative estimate of drug-likeness (QED) is 0.715. The van der Waals surface area contributed by atoms with Crippen molar-refractivity contribution in [1.29, 1.82) is 5.26 Å². The number of rotatable bonds is 2. The van der Waals surface area contributed by atoms with Gasteiger partial charge in [-0.25, -0.2) is 3.96 Å². The standard InChI is InChI=1S/C15H10N2OS/c16-10-13(11-6-2-1-3-7-11)17-15(18)12-8-4-5-9-14(12)19-17/h1-9,13H. The highest BCUT2D eigenvalue weighted by Gasteiger charge is 2.17. The number of hydrogen-bond acceptors (Lipinski definition) is 3. The predicted octanol–water partition coefficient (Wildman–Crippen LogP) is 3.18. The first-order valence-corrected chi connectivity index (χ1v) is 6.64. The maximum atomic E-state index is 12.3. The fourth-order valence-corrected chi connectivity index (χ4v) is 3.12. The maximum Gasteiger partial charge on any atom is 0.270 e. The highest BCUT2D eigenvalue weighted by Crippen LogP contribution is 2.23. The van der Waals surface area contributed by atoms with Gasteiger partial charge in [0, 0.05) is 0 Å². The zero-order valence-electron chi connectivity index (χ0n) is 9.98. The van der Waals surface area contributed by atoms with Crippen LogP contribution in [0.15, 0.2) is 59.4 Å². The van der Waals surface area contributed by atoms with Crippen molar-refractivity contribution in [3.8, 4) is 6.07 Å². The Morgan fingerprint density at radius 3 is 2.42 bits per heavy atom. The second-order valence-corrected chi connectivity index (χ2v) is 5.18. The third kappa shape index (κ3) is 1.94. The molecule has 0 radical (unpaired) electrons. The number of benzene rings is 2. The molecule has 4 heteroatoms. The van der Waals surface area contributed by atoms with Crippen LogP contribution in [0.2, 0.25) is 0 Å². The molecule has 1 atom stereocenters. The first-order valence-electron chi connectivity index (χ1n) is 5.86. The number of nitriles is 1. The lowest BCUT2D eigenvalue weighted by atomic mass is 10.1. The highest BCUT2D eigenvalue weighted by atomic mass is 32.1. The van der Waals surface area contributed by atoms with Gasteiger partial charge in [0.05, 0.1) is 16.2 Å². The normalized spacial score (nSPS) is 12.2. The van der Waals surface area contributed by atoms with Crippen LogP contribution in [0, 0.1) is 11.3 Å². The van der Waals surface area contributed by atoms with E-state index in [0.717, 1.165) is 10.3 Å². The van der Waals surface area contributed by atoms with Crippen LogP contribution in [-0.4, -0.2) is 3.96 Å². The summed E-state index contributed by atoms with van der Waals surface area (Å²) in [6, 6.07) is 18.4. The summed E-state index contributed by atoms with van der Waals surface area (Å²) < 4.78 is 2.45. The fourth-order valence-electron chi connectivity index (χ4n) is 2.06. The van der Waals surface area contributed by atoms with Gasteiger partial charge in [-0.05, 0) is 17.7 Å². The van der Waals surface area contributed by atoms with Gasteiger partial charge < -0.3 is 0 Å². The van der Waals surface area contributed by atoms with E-state index in [0.29, 0.717) is 5.39 Å². The molecule has 0 amide bonds. The molecule has 1 aromatic heterocycles. The number of fused-ring (bicyclic) bond motifs is 1. The summed E-state index contributed by atoms with van der Waals surface area (Å²) in [5.41, 5.74) is 0.731. The Morgan fingerprint density at radius 2 is 1.74 bits per heavy atom. The summed E-state index contributed by atoms with van der Waals surface area (Å²) in [6.07, 6.45) is 0. The van der Waals surface area contributed by atoms with Crippen molar-refractivity contribution >= 4 is 21.6 Å². The van der Waals surface area contributed by atoms with Gasteiger partial charge in [0.25, 0.3) is 5.56 Å². The molecule has 0 saturated heterocycles. The molecule has 0 saturated carbocycles. The molecular weight excluding hydrogens is 256 g/mol. The van der Waals surface area contributed by atoms with E-state index in [1.807, 2.05) is 48.5 Å². The predicted molar refractivity (Wildman–Crippen MR) is 76.3 cm³/mol. The van der Waals surface area contributed by atoms with Crippen LogP contribution in [0.3, 0.4) is 0 Å². The van der Waals surface area contributed by atoms with E-state index in [2.05, 4.69) is 6.07 Å². The second kappa shape index (κ2) is 4.71. The molecule has 0 fully saturated rings. The van der Waals surface area contributed by atoms with Gasteiger partial charge in [0.1, 0.15) is 0 Å². The molecule has 92 valence electrons. The summed E-state index contributed by atoms with van der Waals surface area (Å²) in [6.45, 7) is 0. The van der Waals surface area contributed by atoms with Crippen LogP contribution in [0.1, 0.15) is 11.6 Å². The summed E-state index contributed by atoms with van der Waals surface area (Å²) in [4.78, 5) is 12.3. The van der Waals surface area contributed by atoms with Crippen molar-refractivity contribution in [2.45, 2.75) is 6.04 Å². The van der Waals surface area contributed by atoms with Crippen LogP contribution < -0.4 is 5.56 Å². The maximum absolute atomic E-state index is 12.3. The van der Waals surface area contributed by atoms with Crippen molar-refractivity contribution in [3.05, 3.63) is 70.5 Å². The van der Waals surface area contributed by atoms with Crippen molar-refractivity contribution in [2.75, 3.05) is 0 Å². The largest absolute Gasteiger partial charge is 0.270 e. The lowest BCUT2D eigenvalue weighted by molar-refractivity contribution is 0.757. The van der Waals surface area contributed by atoms with Gasteiger partial charge in [-0.2, -0.15) is 5.26 Å². The lowest BCUT2D eigenvalue weighted by Crippen LogP contribution is -2.18. The average Bonchev–Trinajstić information content (AvgIpc) is 2.79. The zero-order chi connectivity index (χ0) is 13.2. The topological polar surface area (TPSA) is 45.8 Å². The van der Waals surface area contributed by atoms with E-state index in [1.54, 1.807) is 10.0 Å². The van der Waals surface area contributed by atoms with Crippen LogP contribution in [-0.2, 0) is 0 Å². The van der Waals surface area contributed by atoms with Crippen molar-refractivity contribution in [3.63, 3.8) is 0 Å². The molecule has 19 heavy (non-hydrogen) atoms. The van der Waals surface area contributed by atoms with Gasteiger partial charge >= 0.3 is 0 Å². The first-order chi connectivity index (χ1) is 9.31. The molecule has 3 rings (SSSR count). The zero-order valence-corrected chi connectivity index (χ0v) is 10.8. The molecule has 2 aromatic carbocycles. The average molecular weight is 266 g/mol. The van der Waals surface area contributed by atoms with Gasteiger partial charge in [-0.3, -0.25) is 4.79 Å². The Bertz CT molecular complexity index is 811. The van der Waals surface area contributed by atoms with Gasteiger partial charge in [-0.15, -0.1) is 0 Å². The van der Waals surface area contributed by atoms with Gasteiger partial charge in [-0.1, -0.05) is 54.0 Å². The minimum atomic E-state index is -0.564. The molecule has 0 N–H and O–H groups in total. The summed E-state index contributed by atoms with van der Waals surface area (Å²) in [7, 11) is 0. The van der Waals surface area contributed by atoms with E-state index in [9.17, 15) is 10.1 Å². The van der Waals surface area contributed by atoms with E-state index in [1.165, 1.54) is 11.5 Å². The second-order valence-electron chi connectivity index (χ2n) is 4.16. The SMILES string of the molecule is N#CC(c1ccccc1)n1sc2ccccc2c1=O. The summed E-state index contributed by atoms with van der Waals surface area (Å²) in [5, 5.41) is 10.0. The smallest absolute Gasteiger partial charge is 0.268 e. The van der Waals surface area contributed by atoms with E-state index in [-0.39, 0.29) is 5.56 Å². The highest BCUT2D eigenvalue weighted by molar-refractivity contribution is 7.13. The van der Waals surface area contributed by atoms with E-state index in [4.69, 9.17) is 0 Å². The molecule has 0 spiro atoms. The third-order valence-electron chi connectivity index (χ3n) is 2.99. The molecule has 0 aliphatic rings. The summed E-state index contributed by atoms with van der Waals surface area (Å²) >= 11 is 1.33.